The third-order valence-electron chi connectivity index (χ3n) is 3.57. The highest BCUT2D eigenvalue weighted by Gasteiger charge is 2.11. The summed E-state index contributed by atoms with van der Waals surface area (Å²) in [6.45, 7) is 7.66. The molecule has 2 heterocycles. The van der Waals surface area contributed by atoms with E-state index >= 15 is 0 Å². The molecule has 0 fully saturated rings. The van der Waals surface area contributed by atoms with Crippen LogP contribution in [0.15, 0.2) is 12.3 Å². The van der Waals surface area contributed by atoms with Crippen molar-refractivity contribution in [1.29, 1.82) is 0 Å². The van der Waals surface area contributed by atoms with E-state index in [9.17, 15) is 4.79 Å². The molecule has 0 radical (unpaired) electrons. The first-order chi connectivity index (χ1) is 10.0. The lowest BCUT2D eigenvalue weighted by Gasteiger charge is -2.09. The van der Waals surface area contributed by atoms with Gasteiger partial charge in [-0.25, -0.2) is 4.98 Å². The lowest BCUT2D eigenvalue weighted by atomic mass is 10.3. The van der Waals surface area contributed by atoms with Crippen LogP contribution < -0.4 is 5.32 Å². The number of rotatable bonds is 6. The largest absolute Gasteiger partial charge is 0.350 e. The van der Waals surface area contributed by atoms with Crippen molar-refractivity contribution >= 4 is 5.91 Å². The number of carbonyl (C=O) groups excluding carboxylic acids is 1. The summed E-state index contributed by atoms with van der Waals surface area (Å²) in [5, 5.41) is 7.07. The molecule has 6 heteroatoms. The molecule has 2 aromatic heterocycles. The van der Waals surface area contributed by atoms with Gasteiger partial charge >= 0.3 is 0 Å². The van der Waals surface area contributed by atoms with Crippen molar-refractivity contribution in [2.75, 3.05) is 6.54 Å². The molecule has 1 amide bonds. The van der Waals surface area contributed by atoms with Crippen LogP contribution in [-0.2, 0) is 20.0 Å². The van der Waals surface area contributed by atoms with Crippen LogP contribution in [-0.4, -0.2) is 31.8 Å². The molecule has 114 valence electrons. The molecular weight excluding hydrogens is 266 g/mol. The van der Waals surface area contributed by atoms with Crippen LogP contribution in [0.2, 0.25) is 0 Å². The molecule has 0 aromatic carbocycles. The van der Waals surface area contributed by atoms with Gasteiger partial charge in [-0.2, -0.15) is 5.10 Å². The van der Waals surface area contributed by atoms with Crippen molar-refractivity contribution in [3.63, 3.8) is 0 Å². The van der Waals surface area contributed by atoms with E-state index in [1.807, 2.05) is 20.2 Å². The predicted octanol–water partition coefficient (Wildman–Crippen LogP) is 1.62. The Morgan fingerprint density at radius 3 is 2.71 bits per heavy atom. The van der Waals surface area contributed by atoms with Gasteiger partial charge in [-0.1, -0.05) is 6.92 Å². The highest BCUT2D eigenvalue weighted by molar-refractivity contribution is 5.92. The van der Waals surface area contributed by atoms with Crippen molar-refractivity contribution in [2.24, 2.45) is 7.05 Å². The number of hydrogen-bond donors (Lipinski definition) is 1. The van der Waals surface area contributed by atoms with E-state index in [1.54, 1.807) is 10.7 Å². The summed E-state index contributed by atoms with van der Waals surface area (Å²) >= 11 is 0. The third-order valence-corrected chi connectivity index (χ3v) is 3.57. The predicted molar refractivity (Wildman–Crippen MR) is 81.2 cm³/mol. The molecule has 6 nitrogen and oxygen atoms in total. The Labute approximate surface area is 125 Å². The van der Waals surface area contributed by atoms with E-state index in [-0.39, 0.29) is 5.91 Å². The van der Waals surface area contributed by atoms with Crippen molar-refractivity contribution < 1.29 is 4.79 Å². The first-order valence-electron chi connectivity index (χ1n) is 7.32. The summed E-state index contributed by atoms with van der Waals surface area (Å²) in [6, 6.07) is 1.79. The summed E-state index contributed by atoms with van der Waals surface area (Å²) in [6.07, 6.45) is 3.68. The van der Waals surface area contributed by atoms with Crippen LogP contribution in [0.5, 0.6) is 0 Å². The van der Waals surface area contributed by atoms with Crippen LogP contribution in [0.4, 0.5) is 0 Å². The Morgan fingerprint density at radius 1 is 1.33 bits per heavy atom. The second-order valence-electron chi connectivity index (χ2n) is 5.27. The molecule has 0 spiro atoms. The molecule has 1 N–H and O–H groups in total. The number of nitrogens with one attached hydrogen (secondary N) is 1. The lowest BCUT2D eigenvalue weighted by Crippen LogP contribution is -2.27. The minimum absolute atomic E-state index is 0.135. The summed E-state index contributed by atoms with van der Waals surface area (Å²) in [4.78, 5) is 16.4. The van der Waals surface area contributed by atoms with E-state index in [0.717, 1.165) is 30.9 Å². The lowest BCUT2D eigenvalue weighted by molar-refractivity contribution is 0.0948. The van der Waals surface area contributed by atoms with E-state index in [0.29, 0.717) is 12.2 Å². The molecular formula is C15H23N5O. The van der Waals surface area contributed by atoms with Gasteiger partial charge in [-0.15, -0.1) is 0 Å². The molecule has 0 atom stereocenters. The smallest absolute Gasteiger partial charge is 0.271 e. The summed E-state index contributed by atoms with van der Waals surface area (Å²) < 4.78 is 3.91. The summed E-state index contributed by atoms with van der Waals surface area (Å²) in [5.74, 6) is 0.885. The molecule has 0 saturated heterocycles. The fourth-order valence-corrected chi connectivity index (χ4v) is 2.29. The second kappa shape index (κ2) is 6.56. The van der Waals surface area contributed by atoms with Gasteiger partial charge in [-0.3, -0.25) is 9.48 Å². The zero-order valence-electron chi connectivity index (χ0n) is 13.2. The SMILES string of the molecule is CCCn1c(C)cnc1CCNC(=O)c1cc(C)n(C)n1. The molecule has 0 aliphatic rings. The number of nitrogens with zero attached hydrogens (tertiary/aromatic N) is 4. The second-order valence-corrected chi connectivity index (χ2v) is 5.27. The zero-order chi connectivity index (χ0) is 15.4. The highest BCUT2D eigenvalue weighted by Crippen LogP contribution is 2.06. The maximum Gasteiger partial charge on any atom is 0.271 e. The Morgan fingerprint density at radius 2 is 2.10 bits per heavy atom. The standard InChI is InChI=1S/C15H23N5O/c1-5-8-20-12(3)10-17-14(20)6-7-16-15(21)13-9-11(2)19(4)18-13/h9-10H,5-8H2,1-4H3,(H,16,21). The van der Waals surface area contributed by atoms with Crippen LogP contribution >= 0.6 is 0 Å². The van der Waals surface area contributed by atoms with Crippen LogP contribution in [0, 0.1) is 13.8 Å². The molecule has 0 saturated carbocycles. The maximum absolute atomic E-state index is 12.0. The first kappa shape index (κ1) is 15.3. The van der Waals surface area contributed by atoms with Crippen molar-refractivity contribution in [3.05, 3.63) is 35.2 Å². The van der Waals surface area contributed by atoms with Gasteiger partial charge in [0.2, 0.25) is 0 Å². The topological polar surface area (TPSA) is 64.7 Å². The zero-order valence-corrected chi connectivity index (χ0v) is 13.2. The van der Waals surface area contributed by atoms with E-state index in [2.05, 4.69) is 33.8 Å². The molecule has 2 aromatic rings. The normalized spacial score (nSPS) is 10.9. The molecule has 21 heavy (non-hydrogen) atoms. The average Bonchev–Trinajstić information content (AvgIpc) is 2.96. The van der Waals surface area contributed by atoms with Gasteiger partial charge in [0.15, 0.2) is 0 Å². The molecule has 0 unspecified atom stereocenters. The molecule has 0 aliphatic carbocycles. The number of hydrogen-bond acceptors (Lipinski definition) is 3. The van der Waals surface area contributed by atoms with Crippen molar-refractivity contribution in [2.45, 2.75) is 40.2 Å². The van der Waals surface area contributed by atoms with Crippen LogP contribution in [0.1, 0.15) is 41.0 Å². The summed E-state index contributed by atoms with van der Waals surface area (Å²) in [5.41, 5.74) is 2.59. The van der Waals surface area contributed by atoms with Crippen LogP contribution in [0.3, 0.4) is 0 Å². The molecule has 0 bridgehead atoms. The molecule has 0 aliphatic heterocycles. The van der Waals surface area contributed by atoms with E-state index in [4.69, 9.17) is 0 Å². The minimum Gasteiger partial charge on any atom is -0.350 e. The number of amides is 1. The van der Waals surface area contributed by atoms with E-state index < -0.39 is 0 Å². The fourth-order valence-electron chi connectivity index (χ4n) is 2.29. The maximum atomic E-state index is 12.0. The van der Waals surface area contributed by atoms with Crippen molar-refractivity contribution in [1.82, 2.24) is 24.6 Å². The fraction of sp³-hybridized carbons (Fsp3) is 0.533. The Hall–Kier alpha value is -2.11. The Bertz CT molecular complexity index is 607. The third kappa shape index (κ3) is 3.51. The van der Waals surface area contributed by atoms with E-state index in [1.165, 1.54) is 5.69 Å². The first-order valence-corrected chi connectivity index (χ1v) is 7.32. The van der Waals surface area contributed by atoms with Gasteiger partial charge in [0, 0.05) is 44.1 Å². The Kier molecular flexibility index (Phi) is 4.77. The minimum atomic E-state index is -0.135. The van der Waals surface area contributed by atoms with Crippen LogP contribution in [0.25, 0.3) is 0 Å². The quantitative estimate of drug-likeness (QED) is 0.879. The van der Waals surface area contributed by atoms with Gasteiger partial charge in [0.1, 0.15) is 11.5 Å². The number of carbonyl (C=O) groups is 1. The van der Waals surface area contributed by atoms with Gasteiger partial charge in [0.05, 0.1) is 0 Å². The molecule has 2 rings (SSSR count). The number of aryl methyl sites for hydroxylation is 3. The monoisotopic (exact) mass is 289 g/mol. The Balaban J connectivity index is 1.91. The number of aromatic nitrogens is 4. The number of imidazole rings is 1. The van der Waals surface area contributed by atoms with Crippen molar-refractivity contribution in [3.8, 4) is 0 Å². The van der Waals surface area contributed by atoms with Gasteiger partial charge in [-0.05, 0) is 26.3 Å². The average molecular weight is 289 g/mol. The summed E-state index contributed by atoms with van der Waals surface area (Å²) in [7, 11) is 1.83. The van der Waals surface area contributed by atoms with Gasteiger partial charge < -0.3 is 9.88 Å². The highest BCUT2D eigenvalue weighted by atomic mass is 16.1. The van der Waals surface area contributed by atoms with Gasteiger partial charge in [0.25, 0.3) is 5.91 Å².